The molecule has 4 rings (SSSR count). The van der Waals surface area contributed by atoms with Crippen molar-refractivity contribution in [3.05, 3.63) is 69.8 Å². The standard InChI is InChI=1S/C24H25BrN2O2/c1-2-3-14-22(29)27-20-12-5-4-10-18(20)26-19-11-7-13-21(28)23(19)24(27)16-8-6-9-17(25)15-16/h4-6,8-10,12,15,24,26H,2-3,7,11,13-14H2,1H3/t24-/m1/s1. The summed E-state index contributed by atoms with van der Waals surface area (Å²) in [5, 5.41) is 3.50. The number of carbonyl (C=O) groups is 2. The quantitative estimate of drug-likeness (QED) is 0.605. The first-order valence-corrected chi connectivity index (χ1v) is 11.1. The number of fused-ring (bicyclic) bond motifs is 1. The Kier molecular flexibility index (Phi) is 5.86. The molecule has 0 unspecified atom stereocenters. The molecule has 0 bridgehead atoms. The molecule has 0 fully saturated rings. The van der Waals surface area contributed by atoms with Crippen molar-refractivity contribution in [3.8, 4) is 0 Å². The first-order chi connectivity index (χ1) is 14.1. The molecule has 5 heteroatoms. The number of allylic oxidation sites excluding steroid dienone is 1. The van der Waals surface area contributed by atoms with E-state index in [0.29, 0.717) is 12.8 Å². The van der Waals surface area contributed by atoms with Gasteiger partial charge in [-0.15, -0.1) is 0 Å². The van der Waals surface area contributed by atoms with Crippen LogP contribution in [-0.2, 0) is 9.59 Å². The van der Waals surface area contributed by atoms with Gasteiger partial charge in [0.2, 0.25) is 5.91 Å². The minimum atomic E-state index is -0.421. The maximum absolute atomic E-state index is 13.5. The van der Waals surface area contributed by atoms with Gasteiger partial charge in [-0.3, -0.25) is 14.5 Å². The van der Waals surface area contributed by atoms with Crippen molar-refractivity contribution in [2.45, 2.75) is 51.5 Å². The third-order valence-corrected chi connectivity index (χ3v) is 6.11. The molecule has 1 atom stereocenters. The number of hydrogen-bond acceptors (Lipinski definition) is 3. The van der Waals surface area contributed by atoms with Gasteiger partial charge in [0.1, 0.15) is 0 Å². The summed E-state index contributed by atoms with van der Waals surface area (Å²) >= 11 is 3.56. The Balaban J connectivity index is 1.95. The second-order valence-electron chi connectivity index (χ2n) is 7.64. The van der Waals surface area contributed by atoms with Crippen molar-refractivity contribution >= 4 is 39.0 Å². The van der Waals surface area contributed by atoms with Crippen molar-refractivity contribution in [3.63, 3.8) is 0 Å². The highest BCUT2D eigenvalue weighted by Gasteiger charge is 2.39. The molecule has 0 saturated carbocycles. The number of anilines is 2. The van der Waals surface area contributed by atoms with Crippen molar-refractivity contribution < 1.29 is 9.59 Å². The molecule has 0 saturated heterocycles. The van der Waals surface area contributed by atoms with Crippen molar-refractivity contribution in [1.29, 1.82) is 0 Å². The molecule has 4 nitrogen and oxygen atoms in total. The molecule has 0 spiro atoms. The van der Waals surface area contributed by atoms with Gasteiger partial charge in [0.25, 0.3) is 0 Å². The Hall–Kier alpha value is -2.40. The number of para-hydroxylation sites is 2. The molecular formula is C24H25BrN2O2. The zero-order chi connectivity index (χ0) is 20.4. The largest absolute Gasteiger partial charge is 0.357 e. The zero-order valence-electron chi connectivity index (χ0n) is 16.6. The summed E-state index contributed by atoms with van der Waals surface area (Å²) in [5.41, 5.74) is 4.35. The van der Waals surface area contributed by atoms with E-state index < -0.39 is 6.04 Å². The van der Waals surface area contributed by atoms with Crippen LogP contribution in [0.3, 0.4) is 0 Å². The van der Waals surface area contributed by atoms with E-state index in [-0.39, 0.29) is 11.7 Å². The van der Waals surface area contributed by atoms with Gasteiger partial charge in [-0.1, -0.05) is 53.5 Å². The fourth-order valence-electron chi connectivity index (χ4n) is 4.25. The fraction of sp³-hybridized carbons (Fsp3) is 0.333. The maximum atomic E-state index is 13.5. The highest BCUT2D eigenvalue weighted by Crippen LogP contribution is 2.45. The van der Waals surface area contributed by atoms with Gasteiger partial charge < -0.3 is 5.32 Å². The minimum absolute atomic E-state index is 0.0539. The molecule has 29 heavy (non-hydrogen) atoms. The van der Waals surface area contributed by atoms with E-state index in [1.165, 1.54) is 0 Å². The summed E-state index contributed by atoms with van der Waals surface area (Å²) in [6.07, 6.45) is 4.42. The van der Waals surface area contributed by atoms with Gasteiger partial charge in [0.05, 0.1) is 17.4 Å². The SMILES string of the molecule is CCCCC(=O)N1c2ccccc2NC2=C(C(=O)CCC2)[C@H]1c1cccc(Br)c1. The molecule has 0 aromatic heterocycles. The second kappa shape index (κ2) is 8.54. The van der Waals surface area contributed by atoms with Gasteiger partial charge in [0.15, 0.2) is 5.78 Å². The van der Waals surface area contributed by atoms with Crippen molar-refractivity contribution in [1.82, 2.24) is 0 Å². The number of nitrogens with zero attached hydrogens (tertiary/aromatic N) is 1. The number of carbonyl (C=O) groups excluding carboxylic acids is 2. The number of rotatable bonds is 4. The fourth-order valence-corrected chi connectivity index (χ4v) is 4.67. The normalized spacial score (nSPS) is 18.6. The Morgan fingerprint density at radius 3 is 2.79 bits per heavy atom. The molecule has 150 valence electrons. The van der Waals surface area contributed by atoms with Crippen molar-refractivity contribution in [2.75, 3.05) is 10.2 Å². The van der Waals surface area contributed by atoms with E-state index in [9.17, 15) is 9.59 Å². The van der Waals surface area contributed by atoms with Crippen LogP contribution in [0.4, 0.5) is 11.4 Å². The highest BCUT2D eigenvalue weighted by molar-refractivity contribution is 9.10. The summed E-state index contributed by atoms with van der Waals surface area (Å²) in [4.78, 5) is 28.5. The number of benzene rings is 2. The van der Waals surface area contributed by atoms with Gasteiger partial charge in [-0.25, -0.2) is 0 Å². The molecule has 1 amide bonds. The number of amides is 1. The summed E-state index contributed by atoms with van der Waals surface area (Å²) in [7, 11) is 0. The van der Waals surface area contributed by atoms with Crippen LogP contribution in [0, 0.1) is 0 Å². The van der Waals surface area contributed by atoms with Gasteiger partial charge in [-0.05, 0) is 49.1 Å². The first-order valence-electron chi connectivity index (χ1n) is 10.3. The van der Waals surface area contributed by atoms with Gasteiger partial charge in [0, 0.05) is 28.6 Å². The third kappa shape index (κ3) is 3.88. The van der Waals surface area contributed by atoms with E-state index in [2.05, 4.69) is 28.2 Å². The van der Waals surface area contributed by atoms with Gasteiger partial charge in [-0.2, -0.15) is 0 Å². The summed E-state index contributed by atoms with van der Waals surface area (Å²) in [6.45, 7) is 2.09. The Morgan fingerprint density at radius 1 is 1.17 bits per heavy atom. The monoisotopic (exact) mass is 452 g/mol. The van der Waals surface area contributed by atoms with Crippen LogP contribution in [0.2, 0.25) is 0 Å². The number of hydrogen-bond donors (Lipinski definition) is 1. The van der Waals surface area contributed by atoms with E-state index in [1.807, 2.05) is 53.4 Å². The lowest BCUT2D eigenvalue weighted by Crippen LogP contribution is -2.38. The number of halogens is 1. The molecule has 1 heterocycles. The molecule has 1 N–H and O–H groups in total. The summed E-state index contributed by atoms with van der Waals surface area (Å²) in [5.74, 6) is 0.183. The summed E-state index contributed by atoms with van der Waals surface area (Å²) in [6, 6.07) is 15.4. The Morgan fingerprint density at radius 2 is 2.00 bits per heavy atom. The van der Waals surface area contributed by atoms with E-state index in [4.69, 9.17) is 0 Å². The molecule has 2 aliphatic rings. The van der Waals surface area contributed by atoms with Crippen LogP contribution in [-0.4, -0.2) is 11.7 Å². The smallest absolute Gasteiger partial charge is 0.227 e. The predicted molar refractivity (Wildman–Crippen MR) is 120 cm³/mol. The highest BCUT2D eigenvalue weighted by atomic mass is 79.9. The number of Topliss-reactive ketones (excluding diaryl/α,β-unsaturated/α-hetero) is 1. The lowest BCUT2D eigenvalue weighted by molar-refractivity contribution is -0.119. The molecule has 2 aromatic carbocycles. The molecule has 1 aliphatic carbocycles. The van der Waals surface area contributed by atoms with Gasteiger partial charge >= 0.3 is 0 Å². The predicted octanol–water partition coefficient (Wildman–Crippen LogP) is 6.15. The lowest BCUT2D eigenvalue weighted by Gasteiger charge is -2.34. The van der Waals surface area contributed by atoms with Crippen molar-refractivity contribution in [2.24, 2.45) is 0 Å². The molecule has 1 aliphatic heterocycles. The van der Waals surface area contributed by atoms with E-state index in [0.717, 1.165) is 58.4 Å². The van der Waals surface area contributed by atoms with Crippen LogP contribution in [0.25, 0.3) is 0 Å². The topological polar surface area (TPSA) is 49.4 Å². The van der Waals surface area contributed by atoms with Crippen LogP contribution in [0.1, 0.15) is 57.1 Å². The van der Waals surface area contributed by atoms with E-state index in [1.54, 1.807) is 0 Å². The maximum Gasteiger partial charge on any atom is 0.227 e. The van der Waals surface area contributed by atoms with Crippen LogP contribution < -0.4 is 10.2 Å². The van der Waals surface area contributed by atoms with E-state index >= 15 is 0 Å². The average Bonchev–Trinajstić information content (AvgIpc) is 2.87. The van der Waals surface area contributed by atoms with Crippen LogP contribution >= 0.6 is 15.9 Å². The molecule has 0 radical (unpaired) electrons. The number of unbranched alkanes of at least 4 members (excludes halogenated alkanes) is 1. The molecule has 2 aromatic rings. The minimum Gasteiger partial charge on any atom is -0.357 e. The lowest BCUT2D eigenvalue weighted by atomic mass is 9.85. The number of ketones is 1. The Bertz CT molecular complexity index is 982. The Labute approximate surface area is 180 Å². The molecular weight excluding hydrogens is 428 g/mol. The first kappa shape index (κ1) is 19.9. The second-order valence-corrected chi connectivity index (χ2v) is 8.55. The average molecular weight is 453 g/mol. The van der Waals surface area contributed by atoms with Crippen LogP contribution in [0.5, 0.6) is 0 Å². The summed E-state index contributed by atoms with van der Waals surface area (Å²) < 4.78 is 0.937. The zero-order valence-corrected chi connectivity index (χ0v) is 18.2. The third-order valence-electron chi connectivity index (χ3n) is 5.61. The number of nitrogens with one attached hydrogen (secondary N) is 1. The van der Waals surface area contributed by atoms with Crippen LogP contribution in [0.15, 0.2) is 64.3 Å².